The van der Waals surface area contributed by atoms with Gasteiger partial charge in [0.05, 0.1) is 4.90 Å². The Morgan fingerprint density at radius 2 is 2.11 bits per heavy atom. The minimum atomic E-state index is -3.28. The SMILES string of the molecule is CCCN(CC(=O)O)c1ccc(S(C)(=O)=O)cn1. The van der Waals surface area contributed by atoms with Crippen molar-refractivity contribution < 1.29 is 18.3 Å². The van der Waals surface area contributed by atoms with Crippen molar-refractivity contribution in [2.75, 3.05) is 24.2 Å². The predicted octanol–water partition coefficient (Wildman–Crippen LogP) is 0.786. The van der Waals surface area contributed by atoms with E-state index in [4.69, 9.17) is 5.11 Å². The first-order valence-electron chi connectivity index (χ1n) is 5.47. The van der Waals surface area contributed by atoms with Crippen LogP contribution in [0.4, 0.5) is 5.82 Å². The summed E-state index contributed by atoms with van der Waals surface area (Å²) < 4.78 is 22.5. The van der Waals surface area contributed by atoms with Crippen LogP contribution in [0.5, 0.6) is 0 Å². The highest BCUT2D eigenvalue weighted by atomic mass is 32.2. The van der Waals surface area contributed by atoms with E-state index in [1.807, 2.05) is 6.92 Å². The highest BCUT2D eigenvalue weighted by Gasteiger charge is 2.13. The maximum atomic E-state index is 11.3. The smallest absolute Gasteiger partial charge is 0.323 e. The van der Waals surface area contributed by atoms with Gasteiger partial charge in [0.15, 0.2) is 9.84 Å². The van der Waals surface area contributed by atoms with Gasteiger partial charge in [-0.3, -0.25) is 4.79 Å². The van der Waals surface area contributed by atoms with Crippen LogP contribution >= 0.6 is 0 Å². The molecule has 1 heterocycles. The summed E-state index contributed by atoms with van der Waals surface area (Å²) in [6.07, 6.45) is 3.13. The Hall–Kier alpha value is -1.63. The summed E-state index contributed by atoms with van der Waals surface area (Å²) in [6.45, 7) is 2.33. The van der Waals surface area contributed by atoms with E-state index in [9.17, 15) is 13.2 Å². The van der Waals surface area contributed by atoms with Crippen molar-refractivity contribution in [1.82, 2.24) is 4.98 Å². The molecule has 1 aromatic rings. The maximum absolute atomic E-state index is 11.3. The normalized spacial score (nSPS) is 11.2. The molecule has 0 fully saturated rings. The maximum Gasteiger partial charge on any atom is 0.323 e. The summed E-state index contributed by atoms with van der Waals surface area (Å²) in [6, 6.07) is 2.96. The van der Waals surface area contributed by atoms with E-state index in [1.165, 1.54) is 18.3 Å². The molecule has 0 aromatic carbocycles. The molecule has 0 bridgehead atoms. The van der Waals surface area contributed by atoms with Crippen LogP contribution < -0.4 is 4.90 Å². The van der Waals surface area contributed by atoms with Crippen LogP contribution in [-0.4, -0.2) is 43.8 Å². The summed E-state index contributed by atoms with van der Waals surface area (Å²) in [5, 5.41) is 8.79. The fraction of sp³-hybridized carbons (Fsp3) is 0.455. The van der Waals surface area contributed by atoms with Crippen molar-refractivity contribution in [2.45, 2.75) is 18.2 Å². The predicted molar refractivity (Wildman–Crippen MR) is 67.5 cm³/mol. The van der Waals surface area contributed by atoms with Gasteiger partial charge in [-0.15, -0.1) is 0 Å². The first-order chi connectivity index (χ1) is 8.34. The highest BCUT2D eigenvalue weighted by Crippen LogP contribution is 2.14. The van der Waals surface area contributed by atoms with E-state index in [1.54, 1.807) is 4.90 Å². The molecule has 1 aromatic heterocycles. The van der Waals surface area contributed by atoms with E-state index < -0.39 is 15.8 Å². The number of aliphatic carboxylic acids is 1. The topological polar surface area (TPSA) is 87.6 Å². The molecule has 0 unspecified atom stereocenters. The van der Waals surface area contributed by atoms with Gasteiger partial charge in [0.2, 0.25) is 0 Å². The molecule has 7 heteroatoms. The van der Waals surface area contributed by atoms with Gasteiger partial charge >= 0.3 is 5.97 Å². The number of pyridine rings is 1. The summed E-state index contributed by atoms with van der Waals surface area (Å²) in [7, 11) is -3.28. The third-order valence-electron chi connectivity index (χ3n) is 2.29. The molecule has 0 spiro atoms. The van der Waals surface area contributed by atoms with E-state index in [0.29, 0.717) is 12.4 Å². The summed E-state index contributed by atoms with van der Waals surface area (Å²) in [5.41, 5.74) is 0. The molecule has 0 atom stereocenters. The van der Waals surface area contributed by atoms with Gasteiger partial charge in [0.1, 0.15) is 12.4 Å². The molecule has 6 nitrogen and oxygen atoms in total. The summed E-state index contributed by atoms with van der Waals surface area (Å²) in [4.78, 5) is 16.4. The van der Waals surface area contributed by atoms with Crippen LogP contribution in [0.3, 0.4) is 0 Å². The number of hydrogen-bond acceptors (Lipinski definition) is 5. The van der Waals surface area contributed by atoms with Gasteiger partial charge in [-0.05, 0) is 18.6 Å². The average Bonchev–Trinajstić information content (AvgIpc) is 2.27. The number of aromatic nitrogens is 1. The molecule has 0 saturated carbocycles. The Labute approximate surface area is 106 Å². The van der Waals surface area contributed by atoms with Crippen LogP contribution in [0.1, 0.15) is 13.3 Å². The van der Waals surface area contributed by atoms with Crippen LogP contribution in [0.25, 0.3) is 0 Å². The third kappa shape index (κ3) is 3.99. The lowest BCUT2D eigenvalue weighted by molar-refractivity contribution is -0.135. The first kappa shape index (κ1) is 14.4. The van der Waals surface area contributed by atoms with Crippen LogP contribution in [0.15, 0.2) is 23.2 Å². The van der Waals surface area contributed by atoms with Crippen molar-refractivity contribution in [3.8, 4) is 0 Å². The fourth-order valence-electron chi connectivity index (χ4n) is 1.49. The number of carboxylic acids is 1. The number of nitrogens with zero attached hydrogens (tertiary/aromatic N) is 2. The molecule has 0 saturated heterocycles. The van der Waals surface area contributed by atoms with Crippen molar-refractivity contribution >= 4 is 21.6 Å². The molecule has 1 rings (SSSR count). The number of rotatable bonds is 6. The minimum Gasteiger partial charge on any atom is -0.480 e. The van der Waals surface area contributed by atoms with Gasteiger partial charge in [-0.25, -0.2) is 13.4 Å². The largest absolute Gasteiger partial charge is 0.480 e. The number of carboxylic acid groups (broad SMARTS) is 1. The van der Waals surface area contributed by atoms with Gasteiger partial charge in [-0.2, -0.15) is 0 Å². The van der Waals surface area contributed by atoms with Crippen molar-refractivity contribution in [1.29, 1.82) is 0 Å². The van der Waals surface area contributed by atoms with Crippen molar-refractivity contribution in [2.24, 2.45) is 0 Å². The summed E-state index contributed by atoms with van der Waals surface area (Å²) >= 11 is 0. The number of carbonyl (C=O) groups is 1. The van der Waals surface area contributed by atoms with Crippen LogP contribution in [-0.2, 0) is 14.6 Å². The fourth-order valence-corrected chi connectivity index (χ4v) is 2.05. The molecule has 0 aliphatic heterocycles. The van der Waals surface area contributed by atoms with E-state index in [0.717, 1.165) is 12.7 Å². The van der Waals surface area contributed by atoms with Gasteiger partial charge in [-0.1, -0.05) is 6.92 Å². The molecular weight excluding hydrogens is 256 g/mol. The molecule has 1 N–H and O–H groups in total. The average molecular weight is 272 g/mol. The van der Waals surface area contributed by atoms with Crippen LogP contribution in [0.2, 0.25) is 0 Å². The number of sulfone groups is 1. The van der Waals surface area contributed by atoms with E-state index in [2.05, 4.69) is 4.98 Å². The third-order valence-corrected chi connectivity index (χ3v) is 3.39. The first-order valence-corrected chi connectivity index (χ1v) is 7.36. The monoisotopic (exact) mass is 272 g/mol. The lowest BCUT2D eigenvalue weighted by atomic mass is 10.3. The Balaban J connectivity index is 2.96. The molecule has 100 valence electrons. The Bertz CT molecular complexity index is 510. The molecule has 0 aliphatic carbocycles. The van der Waals surface area contributed by atoms with Crippen molar-refractivity contribution in [3.63, 3.8) is 0 Å². The minimum absolute atomic E-state index is 0.123. The summed E-state index contributed by atoms with van der Waals surface area (Å²) in [5.74, 6) is -0.482. The molecular formula is C11H16N2O4S. The lowest BCUT2D eigenvalue weighted by Crippen LogP contribution is -2.31. The second kappa shape index (κ2) is 5.81. The van der Waals surface area contributed by atoms with Gasteiger partial charge in [0.25, 0.3) is 0 Å². The molecule has 0 amide bonds. The Morgan fingerprint density at radius 3 is 2.50 bits per heavy atom. The zero-order valence-corrected chi connectivity index (χ0v) is 11.1. The van der Waals surface area contributed by atoms with Crippen molar-refractivity contribution in [3.05, 3.63) is 18.3 Å². The second-order valence-electron chi connectivity index (χ2n) is 3.94. The Morgan fingerprint density at radius 1 is 1.44 bits per heavy atom. The standard InChI is InChI=1S/C11H16N2O4S/c1-3-6-13(8-11(14)15)10-5-4-9(7-12-10)18(2,16)17/h4-5,7H,3,6,8H2,1-2H3,(H,14,15). The zero-order valence-electron chi connectivity index (χ0n) is 10.3. The van der Waals surface area contributed by atoms with Gasteiger partial charge < -0.3 is 10.0 Å². The van der Waals surface area contributed by atoms with Gasteiger partial charge in [0, 0.05) is 19.0 Å². The quantitative estimate of drug-likeness (QED) is 0.823. The molecule has 0 radical (unpaired) electrons. The highest BCUT2D eigenvalue weighted by molar-refractivity contribution is 7.90. The molecule has 18 heavy (non-hydrogen) atoms. The number of anilines is 1. The van der Waals surface area contributed by atoms with Crippen LogP contribution in [0, 0.1) is 0 Å². The molecule has 0 aliphatic rings. The van der Waals surface area contributed by atoms with E-state index in [-0.39, 0.29) is 11.4 Å². The lowest BCUT2D eigenvalue weighted by Gasteiger charge is -2.20. The zero-order chi connectivity index (χ0) is 13.8. The van der Waals surface area contributed by atoms with E-state index >= 15 is 0 Å². The number of hydrogen-bond donors (Lipinski definition) is 1. The Kier molecular flexibility index (Phi) is 4.66. The second-order valence-corrected chi connectivity index (χ2v) is 5.96.